The second-order valence-electron chi connectivity index (χ2n) is 5.88. The highest BCUT2D eigenvalue weighted by Gasteiger charge is 2.13. The van der Waals surface area contributed by atoms with Gasteiger partial charge in [0.1, 0.15) is 0 Å². The molecule has 0 aliphatic rings. The molecule has 2 aromatic heterocycles. The van der Waals surface area contributed by atoms with E-state index in [0.717, 1.165) is 24.3 Å². The van der Waals surface area contributed by atoms with Gasteiger partial charge in [-0.3, -0.25) is 9.69 Å². The van der Waals surface area contributed by atoms with Crippen molar-refractivity contribution in [1.29, 1.82) is 5.26 Å². The lowest BCUT2D eigenvalue weighted by Gasteiger charge is -2.20. The highest BCUT2D eigenvalue weighted by molar-refractivity contribution is 7.10. The van der Waals surface area contributed by atoms with Crippen LogP contribution in [0.15, 0.2) is 59.3 Å². The Labute approximate surface area is 161 Å². The van der Waals surface area contributed by atoms with Crippen LogP contribution in [0.3, 0.4) is 0 Å². The summed E-state index contributed by atoms with van der Waals surface area (Å²) in [6, 6.07) is 17.8. The van der Waals surface area contributed by atoms with E-state index in [1.165, 1.54) is 9.75 Å². The minimum Gasteiger partial charge on any atom is -0.325 e. The molecule has 0 fully saturated rings. The first-order valence-electron chi connectivity index (χ1n) is 8.26. The molecule has 3 aromatic rings. The minimum atomic E-state index is -0.0360. The average Bonchev–Trinajstić information content (AvgIpc) is 3.31. The number of carbonyl (C=O) groups is 1. The predicted molar refractivity (Wildman–Crippen MR) is 107 cm³/mol. The van der Waals surface area contributed by atoms with Crippen molar-refractivity contribution < 1.29 is 4.79 Å². The summed E-state index contributed by atoms with van der Waals surface area (Å²) >= 11 is 3.41. The number of hydrogen-bond acceptors (Lipinski definition) is 5. The second kappa shape index (κ2) is 9.30. The molecule has 0 aliphatic carbocycles. The van der Waals surface area contributed by atoms with Gasteiger partial charge >= 0.3 is 0 Å². The summed E-state index contributed by atoms with van der Waals surface area (Å²) in [6.45, 7) is 1.84. The molecule has 1 aromatic carbocycles. The van der Waals surface area contributed by atoms with E-state index >= 15 is 0 Å². The van der Waals surface area contributed by atoms with Gasteiger partial charge in [0.2, 0.25) is 5.91 Å². The summed E-state index contributed by atoms with van der Waals surface area (Å²) in [6.07, 6.45) is 0.379. The van der Waals surface area contributed by atoms with Crippen LogP contribution in [0.25, 0.3) is 0 Å². The van der Waals surface area contributed by atoms with E-state index in [1.54, 1.807) is 22.7 Å². The van der Waals surface area contributed by atoms with Gasteiger partial charge in [0.15, 0.2) is 0 Å². The lowest BCUT2D eigenvalue weighted by Crippen LogP contribution is -2.32. The van der Waals surface area contributed by atoms with Gasteiger partial charge < -0.3 is 5.32 Å². The van der Waals surface area contributed by atoms with Gasteiger partial charge in [-0.05, 0) is 40.6 Å². The third kappa shape index (κ3) is 5.53. The van der Waals surface area contributed by atoms with Gasteiger partial charge in [0.05, 0.1) is 19.0 Å². The van der Waals surface area contributed by atoms with Gasteiger partial charge in [-0.2, -0.15) is 5.26 Å². The molecule has 1 amide bonds. The fourth-order valence-corrected chi connectivity index (χ4v) is 4.11. The normalized spacial score (nSPS) is 10.6. The fourth-order valence-electron chi connectivity index (χ4n) is 2.61. The third-order valence-corrected chi connectivity index (χ3v) is 5.53. The smallest absolute Gasteiger partial charge is 0.238 e. The van der Waals surface area contributed by atoms with Gasteiger partial charge in [-0.25, -0.2) is 0 Å². The topological polar surface area (TPSA) is 56.1 Å². The van der Waals surface area contributed by atoms with Gasteiger partial charge in [0, 0.05) is 28.5 Å². The van der Waals surface area contributed by atoms with Crippen molar-refractivity contribution in [2.45, 2.75) is 19.5 Å². The van der Waals surface area contributed by atoms with Crippen LogP contribution >= 0.6 is 22.7 Å². The Morgan fingerprint density at radius 3 is 2.12 bits per heavy atom. The number of nitrogens with zero attached hydrogens (tertiary/aromatic N) is 2. The molecule has 2 heterocycles. The minimum absolute atomic E-state index is 0.0360. The highest BCUT2D eigenvalue weighted by atomic mass is 32.1. The summed E-state index contributed by atoms with van der Waals surface area (Å²) in [5.41, 5.74) is 1.70. The van der Waals surface area contributed by atoms with Crippen LogP contribution in [0.1, 0.15) is 15.3 Å². The first kappa shape index (κ1) is 18.3. The number of rotatable bonds is 8. The molecule has 3 rings (SSSR count). The summed E-state index contributed by atoms with van der Waals surface area (Å²) in [5, 5.41) is 15.8. The van der Waals surface area contributed by atoms with E-state index in [-0.39, 0.29) is 5.91 Å². The number of hydrogen-bond donors (Lipinski definition) is 1. The van der Waals surface area contributed by atoms with Crippen LogP contribution < -0.4 is 5.32 Å². The van der Waals surface area contributed by atoms with Gasteiger partial charge in [-0.1, -0.05) is 24.3 Å². The number of benzene rings is 1. The largest absolute Gasteiger partial charge is 0.325 e. The molecular weight excluding hydrogens is 362 g/mol. The van der Waals surface area contributed by atoms with E-state index in [2.05, 4.69) is 39.2 Å². The van der Waals surface area contributed by atoms with E-state index in [0.29, 0.717) is 13.0 Å². The van der Waals surface area contributed by atoms with Gasteiger partial charge in [0.25, 0.3) is 0 Å². The van der Waals surface area contributed by atoms with E-state index < -0.39 is 0 Å². The van der Waals surface area contributed by atoms with E-state index in [9.17, 15) is 4.79 Å². The quantitative estimate of drug-likeness (QED) is 0.624. The lowest BCUT2D eigenvalue weighted by molar-refractivity contribution is -0.117. The van der Waals surface area contributed by atoms with Crippen LogP contribution in [0.5, 0.6) is 0 Å². The molecule has 0 unspecified atom stereocenters. The average molecular weight is 382 g/mol. The molecule has 6 heteroatoms. The number of amides is 1. The molecule has 0 spiro atoms. The van der Waals surface area contributed by atoms with Crippen LogP contribution in [0, 0.1) is 11.3 Å². The third-order valence-electron chi connectivity index (χ3n) is 3.81. The van der Waals surface area contributed by atoms with Crippen LogP contribution in [-0.4, -0.2) is 17.4 Å². The zero-order chi connectivity index (χ0) is 18.2. The maximum absolute atomic E-state index is 12.5. The molecule has 26 heavy (non-hydrogen) atoms. The molecule has 0 bridgehead atoms. The predicted octanol–water partition coefficient (Wildman–Crippen LogP) is 4.52. The Kier molecular flexibility index (Phi) is 6.56. The van der Waals surface area contributed by atoms with Gasteiger partial charge in [-0.15, -0.1) is 22.7 Å². The molecule has 0 atom stereocenters. The number of thiophene rings is 2. The standard InChI is InChI=1S/C20H19N3OS2/c21-10-9-16-5-7-17(8-6-16)22-20(24)15-23(13-18-3-1-11-25-18)14-19-4-2-12-26-19/h1-8,11-12H,9,13-15H2,(H,22,24). The molecule has 4 nitrogen and oxygen atoms in total. The van der Waals surface area contributed by atoms with Crippen LogP contribution in [-0.2, 0) is 24.3 Å². The van der Waals surface area contributed by atoms with Crippen molar-refractivity contribution in [3.63, 3.8) is 0 Å². The molecular formula is C20H19N3OS2. The highest BCUT2D eigenvalue weighted by Crippen LogP contribution is 2.17. The Hall–Kier alpha value is -2.46. The Bertz CT molecular complexity index is 813. The summed E-state index contributed by atoms with van der Waals surface area (Å²) in [7, 11) is 0. The number of carbonyl (C=O) groups excluding carboxylic acids is 1. The van der Waals surface area contributed by atoms with Crippen molar-refractivity contribution in [2.24, 2.45) is 0 Å². The Morgan fingerprint density at radius 1 is 1.00 bits per heavy atom. The molecule has 0 radical (unpaired) electrons. The monoisotopic (exact) mass is 381 g/mol. The summed E-state index contributed by atoms with van der Waals surface area (Å²) in [4.78, 5) is 17.1. The molecule has 132 valence electrons. The molecule has 0 saturated carbocycles. The number of nitriles is 1. The van der Waals surface area contributed by atoms with E-state index in [4.69, 9.17) is 5.26 Å². The van der Waals surface area contributed by atoms with Crippen molar-refractivity contribution in [3.8, 4) is 6.07 Å². The Balaban J connectivity index is 1.61. The zero-order valence-corrected chi connectivity index (χ0v) is 15.9. The maximum atomic E-state index is 12.5. The number of nitrogens with one attached hydrogen (secondary N) is 1. The SMILES string of the molecule is N#CCc1ccc(NC(=O)CN(Cc2cccs2)Cc2cccs2)cc1. The molecule has 0 saturated heterocycles. The second-order valence-corrected chi connectivity index (χ2v) is 7.95. The number of anilines is 1. The fraction of sp³-hybridized carbons (Fsp3) is 0.200. The molecule has 0 aliphatic heterocycles. The molecule has 1 N–H and O–H groups in total. The van der Waals surface area contributed by atoms with Crippen molar-refractivity contribution in [3.05, 3.63) is 74.6 Å². The first-order valence-corrected chi connectivity index (χ1v) is 10.0. The lowest BCUT2D eigenvalue weighted by atomic mass is 10.1. The zero-order valence-electron chi connectivity index (χ0n) is 14.2. The van der Waals surface area contributed by atoms with Crippen molar-refractivity contribution >= 4 is 34.3 Å². The maximum Gasteiger partial charge on any atom is 0.238 e. The van der Waals surface area contributed by atoms with Crippen molar-refractivity contribution in [1.82, 2.24) is 4.90 Å². The van der Waals surface area contributed by atoms with Crippen LogP contribution in [0.2, 0.25) is 0 Å². The summed E-state index contributed by atoms with van der Waals surface area (Å²) < 4.78 is 0. The van der Waals surface area contributed by atoms with Crippen molar-refractivity contribution in [2.75, 3.05) is 11.9 Å². The Morgan fingerprint density at radius 2 is 1.62 bits per heavy atom. The van der Waals surface area contributed by atoms with Crippen LogP contribution in [0.4, 0.5) is 5.69 Å². The first-order chi connectivity index (χ1) is 12.7. The van der Waals surface area contributed by atoms with E-state index in [1.807, 2.05) is 36.4 Å². The summed E-state index contributed by atoms with van der Waals surface area (Å²) in [5.74, 6) is -0.0360.